The van der Waals surface area contributed by atoms with E-state index in [4.69, 9.17) is 11.5 Å². The minimum Gasteiger partial charge on any atom is -0.508 e. The number of rotatable bonds is 5. The zero-order chi connectivity index (χ0) is 23.0. The Morgan fingerprint density at radius 2 is 0.967 bits per heavy atom. The van der Waals surface area contributed by atoms with Gasteiger partial charge in [0.15, 0.2) is 0 Å². The van der Waals surface area contributed by atoms with Crippen LogP contribution in [-0.4, -0.2) is 10.2 Å². The topological polar surface area (TPSA) is 92.5 Å². The molecule has 2 atom stereocenters. The molecule has 166 valence electrons. The average Bonchev–Trinajstić information content (AvgIpc) is 2.64. The highest BCUT2D eigenvalue weighted by atomic mass is 16.3. The maximum atomic E-state index is 10.6. The summed E-state index contributed by atoms with van der Waals surface area (Å²) < 4.78 is 0. The second kappa shape index (κ2) is 8.60. The second-order valence-corrected chi connectivity index (χ2v) is 10.6. The monoisotopic (exact) mass is 412 g/mol. The molecular formula is C26H40N2O2. The van der Waals surface area contributed by atoms with Crippen molar-refractivity contribution in [3.8, 4) is 11.5 Å². The molecule has 0 aliphatic rings. The van der Waals surface area contributed by atoms with E-state index in [2.05, 4.69) is 67.5 Å². The van der Waals surface area contributed by atoms with Crippen LogP contribution in [0.25, 0.3) is 0 Å². The van der Waals surface area contributed by atoms with E-state index in [0.717, 1.165) is 33.4 Å². The summed E-state index contributed by atoms with van der Waals surface area (Å²) in [5, 5.41) is 21.1. The van der Waals surface area contributed by atoms with Gasteiger partial charge in [0.2, 0.25) is 0 Å². The number of benzene rings is 2. The smallest absolute Gasteiger partial charge is 0.119 e. The third-order valence-electron chi connectivity index (χ3n) is 6.30. The van der Waals surface area contributed by atoms with E-state index in [-0.39, 0.29) is 22.7 Å². The van der Waals surface area contributed by atoms with Crippen molar-refractivity contribution in [1.82, 2.24) is 0 Å². The molecule has 4 nitrogen and oxygen atoms in total. The number of hydrogen-bond donors (Lipinski definition) is 4. The van der Waals surface area contributed by atoms with Crippen LogP contribution in [0.2, 0.25) is 0 Å². The van der Waals surface area contributed by atoms with Crippen LogP contribution in [0.3, 0.4) is 0 Å². The summed E-state index contributed by atoms with van der Waals surface area (Å²) in [7, 11) is 0. The first-order valence-electron chi connectivity index (χ1n) is 10.8. The Bertz CT molecular complexity index is 829. The van der Waals surface area contributed by atoms with Gasteiger partial charge in [-0.3, -0.25) is 0 Å². The normalized spacial score (nSPS) is 14.6. The zero-order valence-electron chi connectivity index (χ0n) is 19.9. The van der Waals surface area contributed by atoms with Crippen LogP contribution in [0, 0.1) is 0 Å². The molecule has 2 unspecified atom stereocenters. The van der Waals surface area contributed by atoms with Crippen LogP contribution in [0.15, 0.2) is 24.3 Å². The number of hydrogen-bond acceptors (Lipinski definition) is 4. The Hall–Kier alpha value is -2.04. The predicted molar refractivity (Wildman–Crippen MR) is 126 cm³/mol. The number of phenols is 2. The first-order valence-corrected chi connectivity index (χ1v) is 10.8. The van der Waals surface area contributed by atoms with Crippen molar-refractivity contribution in [2.24, 2.45) is 11.5 Å². The quantitative estimate of drug-likeness (QED) is 0.520. The highest BCUT2D eigenvalue weighted by Crippen LogP contribution is 2.42. The number of nitrogens with two attached hydrogens (primary N) is 2. The summed E-state index contributed by atoms with van der Waals surface area (Å²) in [4.78, 5) is 0. The highest BCUT2D eigenvalue weighted by molar-refractivity contribution is 5.50. The van der Waals surface area contributed by atoms with E-state index in [1.807, 2.05) is 12.1 Å². The Balaban J connectivity index is 2.64. The predicted octanol–water partition coefficient (Wildman–Crippen LogP) is 5.52. The van der Waals surface area contributed by atoms with E-state index >= 15 is 0 Å². The Morgan fingerprint density at radius 3 is 1.20 bits per heavy atom. The summed E-state index contributed by atoms with van der Waals surface area (Å²) in [6, 6.07) is 7.87. The second-order valence-electron chi connectivity index (χ2n) is 10.6. The summed E-state index contributed by atoms with van der Waals surface area (Å²) in [5.74, 6) is 0.920. The molecule has 2 aromatic rings. The minimum absolute atomic E-state index is 0.160. The molecule has 6 N–H and O–H groups in total. The summed E-state index contributed by atoms with van der Waals surface area (Å²) in [5.41, 5.74) is 17.8. The molecule has 30 heavy (non-hydrogen) atoms. The van der Waals surface area contributed by atoms with Gasteiger partial charge in [-0.05, 0) is 68.2 Å². The molecular weight excluding hydrogens is 372 g/mol. The molecule has 0 saturated carbocycles. The Labute approximate surface area is 182 Å². The van der Waals surface area contributed by atoms with Gasteiger partial charge in [0.05, 0.1) is 0 Å². The summed E-state index contributed by atoms with van der Waals surface area (Å²) in [6.45, 7) is 17.8. The maximum Gasteiger partial charge on any atom is 0.119 e. The Morgan fingerprint density at radius 1 is 0.667 bits per heavy atom. The van der Waals surface area contributed by atoms with Crippen molar-refractivity contribution >= 4 is 0 Å². The van der Waals surface area contributed by atoms with E-state index in [9.17, 15) is 10.2 Å². The SMILES string of the molecule is CC(c1cc(C(C)(C)C)c(O)cc1CN)C(C)c1cc(C(C)(C)C)c(O)cc1CN. The molecule has 0 heterocycles. The van der Waals surface area contributed by atoms with Gasteiger partial charge in [-0.1, -0.05) is 67.5 Å². The van der Waals surface area contributed by atoms with Gasteiger partial charge < -0.3 is 21.7 Å². The van der Waals surface area contributed by atoms with Gasteiger partial charge in [0.25, 0.3) is 0 Å². The first kappa shape index (κ1) is 24.2. The fraction of sp³-hybridized carbons (Fsp3) is 0.538. The van der Waals surface area contributed by atoms with Crippen molar-refractivity contribution in [2.75, 3.05) is 0 Å². The van der Waals surface area contributed by atoms with Crippen molar-refractivity contribution in [1.29, 1.82) is 0 Å². The third kappa shape index (κ3) is 4.81. The van der Waals surface area contributed by atoms with Crippen LogP contribution in [-0.2, 0) is 23.9 Å². The van der Waals surface area contributed by atoms with Crippen LogP contribution in [0.1, 0.15) is 101 Å². The molecule has 0 spiro atoms. The molecule has 4 heteroatoms. The molecule has 0 fully saturated rings. The zero-order valence-corrected chi connectivity index (χ0v) is 19.9. The lowest BCUT2D eigenvalue weighted by atomic mass is 9.75. The highest BCUT2D eigenvalue weighted by Gasteiger charge is 2.27. The standard InChI is InChI=1S/C26H40N2O2/c1-15(19-11-21(25(3,4)5)23(29)9-17(19)13-27)16(2)20-12-22(26(6,7)8)24(30)10-18(20)14-28/h9-12,15-16,29-30H,13-14,27-28H2,1-8H3. The maximum absolute atomic E-state index is 10.6. The van der Waals surface area contributed by atoms with Gasteiger partial charge in [-0.25, -0.2) is 0 Å². The van der Waals surface area contributed by atoms with Crippen molar-refractivity contribution in [2.45, 2.75) is 91.1 Å². The fourth-order valence-corrected chi connectivity index (χ4v) is 4.24. The Kier molecular flexibility index (Phi) is 6.95. The van der Waals surface area contributed by atoms with Gasteiger partial charge in [-0.2, -0.15) is 0 Å². The number of phenolic OH excluding ortho intramolecular Hbond substituents is 2. The lowest BCUT2D eigenvalue weighted by molar-refractivity contribution is 0.442. The van der Waals surface area contributed by atoms with Crippen molar-refractivity contribution in [3.05, 3.63) is 57.6 Å². The van der Waals surface area contributed by atoms with Crippen molar-refractivity contribution in [3.63, 3.8) is 0 Å². The van der Waals surface area contributed by atoms with Crippen LogP contribution >= 0.6 is 0 Å². The van der Waals surface area contributed by atoms with Gasteiger partial charge in [-0.15, -0.1) is 0 Å². The van der Waals surface area contributed by atoms with Crippen LogP contribution < -0.4 is 11.5 Å². The average molecular weight is 413 g/mol. The molecule has 0 bridgehead atoms. The van der Waals surface area contributed by atoms with E-state index in [1.54, 1.807) is 0 Å². The molecule has 0 amide bonds. The first-order chi connectivity index (χ1) is 13.7. The van der Waals surface area contributed by atoms with Gasteiger partial charge in [0, 0.05) is 13.1 Å². The summed E-state index contributed by atoms with van der Waals surface area (Å²) >= 11 is 0. The molecule has 2 rings (SSSR count). The van der Waals surface area contributed by atoms with Crippen LogP contribution in [0.4, 0.5) is 0 Å². The van der Waals surface area contributed by atoms with Crippen LogP contribution in [0.5, 0.6) is 11.5 Å². The summed E-state index contributed by atoms with van der Waals surface area (Å²) in [6.07, 6.45) is 0. The van der Waals surface area contributed by atoms with Crippen molar-refractivity contribution < 1.29 is 10.2 Å². The lowest BCUT2D eigenvalue weighted by Gasteiger charge is -2.30. The molecule has 0 radical (unpaired) electrons. The van der Waals surface area contributed by atoms with Gasteiger partial charge >= 0.3 is 0 Å². The fourth-order valence-electron chi connectivity index (χ4n) is 4.24. The van der Waals surface area contributed by atoms with E-state index in [1.165, 1.54) is 0 Å². The molecule has 0 aliphatic carbocycles. The molecule has 0 saturated heterocycles. The van der Waals surface area contributed by atoms with Gasteiger partial charge in [0.1, 0.15) is 11.5 Å². The molecule has 0 aliphatic heterocycles. The lowest BCUT2D eigenvalue weighted by Crippen LogP contribution is -2.18. The van der Waals surface area contributed by atoms with E-state index < -0.39 is 0 Å². The number of aromatic hydroxyl groups is 2. The molecule has 2 aromatic carbocycles. The largest absolute Gasteiger partial charge is 0.508 e. The minimum atomic E-state index is -0.171. The third-order valence-corrected chi connectivity index (χ3v) is 6.30. The van der Waals surface area contributed by atoms with E-state index in [0.29, 0.717) is 24.6 Å². The molecule has 0 aromatic heterocycles.